The molecule has 1 aliphatic rings. The van der Waals surface area contributed by atoms with Gasteiger partial charge < -0.3 is 10.6 Å². The summed E-state index contributed by atoms with van der Waals surface area (Å²) in [7, 11) is 0. The summed E-state index contributed by atoms with van der Waals surface area (Å²) in [6, 6.07) is 2.28. The van der Waals surface area contributed by atoms with Gasteiger partial charge in [0.2, 0.25) is 5.91 Å². The van der Waals surface area contributed by atoms with Gasteiger partial charge in [0.1, 0.15) is 16.2 Å². The zero-order valence-corrected chi connectivity index (χ0v) is 12.0. The summed E-state index contributed by atoms with van der Waals surface area (Å²) >= 11 is 3.32. The Morgan fingerprint density at radius 1 is 1.50 bits per heavy atom. The molecule has 1 aromatic rings. The lowest BCUT2D eigenvalue weighted by atomic mass is 10.3. The summed E-state index contributed by atoms with van der Waals surface area (Å²) in [6.45, 7) is 2.58. The lowest BCUT2D eigenvalue weighted by molar-refractivity contribution is -0.121. The summed E-state index contributed by atoms with van der Waals surface area (Å²) in [4.78, 5) is 19.8. The predicted octanol–water partition coefficient (Wildman–Crippen LogP) is 2.02. The molecule has 1 saturated carbocycles. The van der Waals surface area contributed by atoms with Crippen LogP contribution in [-0.4, -0.2) is 28.5 Å². The molecule has 0 aliphatic heterocycles. The molecule has 18 heavy (non-hydrogen) atoms. The number of nitrogens with zero attached hydrogens (tertiary/aromatic N) is 2. The lowest BCUT2D eigenvalue weighted by Gasteiger charge is -2.07. The predicted molar refractivity (Wildman–Crippen MR) is 73.4 cm³/mol. The summed E-state index contributed by atoms with van der Waals surface area (Å²) in [5, 5.41) is 6.16. The molecule has 0 saturated heterocycles. The highest BCUT2D eigenvalue weighted by atomic mass is 79.9. The van der Waals surface area contributed by atoms with E-state index in [4.69, 9.17) is 0 Å². The average molecular weight is 313 g/mol. The monoisotopic (exact) mass is 312 g/mol. The number of carbonyl (C=O) groups excluding carboxylic acids is 1. The molecule has 1 amide bonds. The molecule has 1 aromatic heterocycles. The van der Waals surface area contributed by atoms with Gasteiger partial charge in [0, 0.05) is 25.1 Å². The van der Waals surface area contributed by atoms with Crippen molar-refractivity contribution in [2.45, 2.75) is 38.6 Å². The van der Waals surface area contributed by atoms with Crippen LogP contribution in [0.1, 0.15) is 31.5 Å². The van der Waals surface area contributed by atoms with E-state index in [0.29, 0.717) is 12.5 Å². The van der Waals surface area contributed by atoms with Crippen LogP contribution in [0, 0.1) is 6.92 Å². The molecule has 1 fully saturated rings. The molecular formula is C12H17BrN4O. The van der Waals surface area contributed by atoms with E-state index in [9.17, 15) is 4.79 Å². The average Bonchev–Trinajstić information content (AvgIpc) is 3.07. The Bertz CT molecular complexity index is 414. The van der Waals surface area contributed by atoms with Gasteiger partial charge in [-0.15, -0.1) is 0 Å². The SMILES string of the molecule is Cc1nc(Br)cc(NCCCC(=O)NC2CC2)n1. The quantitative estimate of drug-likeness (QED) is 0.623. The van der Waals surface area contributed by atoms with Crippen molar-refractivity contribution in [3.8, 4) is 0 Å². The van der Waals surface area contributed by atoms with E-state index in [-0.39, 0.29) is 5.91 Å². The Balaban J connectivity index is 1.66. The Hall–Kier alpha value is -1.17. The molecule has 1 aliphatic carbocycles. The van der Waals surface area contributed by atoms with E-state index < -0.39 is 0 Å². The Kier molecular flexibility index (Phi) is 4.52. The van der Waals surface area contributed by atoms with Crippen molar-refractivity contribution in [3.05, 3.63) is 16.5 Å². The van der Waals surface area contributed by atoms with E-state index in [0.717, 1.165) is 42.1 Å². The summed E-state index contributed by atoms with van der Waals surface area (Å²) < 4.78 is 0.768. The minimum atomic E-state index is 0.152. The normalized spacial score (nSPS) is 14.3. The topological polar surface area (TPSA) is 66.9 Å². The number of rotatable bonds is 6. The van der Waals surface area contributed by atoms with E-state index in [1.54, 1.807) is 0 Å². The fourth-order valence-corrected chi connectivity index (χ4v) is 2.09. The maximum Gasteiger partial charge on any atom is 0.220 e. The maximum atomic E-state index is 11.4. The number of anilines is 1. The molecule has 98 valence electrons. The van der Waals surface area contributed by atoms with Gasteiger partial charge in [-0.05, 0) is 42.1 Å². The molecule has 5 nitrogen and oxygen atoms in total. The van der Waals surface area contributed by atoms with E-state index in [1.807, 2.05) is 13.0 Å². The van der Waals surface area contributed by atoms with Crippen molar-refractivity contribution in [2.75, 3.05) is 11.9 Å². The van der Waals surface area contributed by atoms with Crippen LogP contribution in [0.3, 0.4) is 0 Å². The van der Waals surface area contributed by atoms with Gasteiger partial charge in [-0.1, -0.05) is 0 Å². The molecule has 0 unspecified atom stereocenters. The van der Waals surface area contributed by atoms with E-state index >= 15 is 0 Å². The summed E-state index contributed by atoms with van der Waals surface area (Å²) in [6.07, 6.45) is 3.64. The van der Waals surface area contributed by atoms with Gasteiger partial charge in [-0.2, -0.15) is 0 Å². The zero-order valence-electron chi connectivity index (χ0n) is 10.4. The highest BCUT2D eigenvalue weighted by Crippen LogP contribution is 2.18. The largest absolute Gasteiger partial charge is 0.370 e. The van der Waals surface area contributed by atoms with Crippen molar-refractivity contribution in [1.29, 1.82) is 0 Å². The molecule has 6 heteroatoms. The molecule has 1 heterocycles. The zero-order chi connectivity index (χ0) is 13.0. The van der Waals surface area contributed by atoms with Gasteiger partial charge in [0.15, 0.2) is 0 Å². The fourth-order valence-electron chi connectivity index (χ4n) is 1.61. The highest BCUT2D eigenvalue weighted by molar-refractivity contribution is 9.10. The number of halogens is 1. The Labute approximate surface area is 115 Å². The van der Waals surface area contributed by atoms with Crippen LogP contribution in [0.5, 0.6) is 0 Å². The minimum absolute atomic E-state index is 0.152. The molecule has 0 spiro atoms. The first-order chi connectivity index (χ1) is 8.63. The molecule has 0 atom stereocenters. The lowest BCUT2D eigenvalue weighted by Crippen LogP contribution is -2.25. The van der Waals surface area contributed by atoms with Crippen LogP contribution in [-0.2, 0) is 4.79 Å². The molecule has 0 radical (unpaired) electrons. The number of aryl methyl sites for hydroxylation is 1. The number of amides is 1. The standard InChI is InChI=1S/C12H17BrN4O/c1-8-15-10(13)7-11(16-8)14-6-2-3-12(18)17-9-4-5-9/h7,9H,2-6H2,1H3,(H,17,18)(H,14,15,16). The van der Waals surface area contributed by atoms with Crippen LogP contribution >= 0.6 is 15.9 Å². The number of carbonyl (C=O) groups is 1. The van der Waals surface area contributed by atoms with Crippen molar-refractivity contribution < 1.29 is 4.79 Å². The summed E-state index contributed by atoms with van der Waals surface area (Å²) in [5.74, 6) is 1.66. The molecule has 0 bridgehead atoms. The number of nitrogens with one attached hydrogen (secondary N) is 2. The molecule has 2 N–H and O–H groups in total. The first-order valence-electron chi connectivity index (χ1n) is 6.18. The molecule has 0 aromatic carbocycles. The van der Waals surface area contributed by atoms with Gasteiger partial charge in [0.25, 0.3) is 0 Å². The maximum absolute atomic E-state index is 11.4. The van der Waals surface area contributed by atoms with Crippen molar-refractivity contribution in [3.63, 3.8) is 0 Å². The van der Waals surface area contributed by atoms with Crippen LogP contribution in [0.2, 0.25) is 0 Å². The second kappa shape index (κ2) is 6.13. The highest BCUT2D eigenvalue weighted by Gasteiger charge is 2.22. The van der Waals surface area contributed by atoms with Crippen molar-refractivity contribution in [1.82, 2.24) is 15.3 Å². The fraction of sp³-hybridized carbons (Fsp3) is 0.583. The van der Waals surface area contributed by atoms with E-state index in [1.165, 1.54) is 0 Å². The van der Waals surface area contributed by atoms with E-state index in [2.05, 4.69) is 36.5 Å². The van der Waals surface area contributed by atoms with Gasteiger partial charge in [-0.3, -0.25) is 4.79 Å². The van der Waals surface area contributed by atoms with Crippen molar-refractivity contribution >= 4 is 27.7 Å². The second-order valence-corrected chi connectivity index (χ2v) is 5.31. The van der Waals surface area contributed by atoms with Gasteiger partial charge >= 0.3 is 0 Å². The van der Waals surface area contributed by atoms with Crippen LogP contribution < -0.4 is 10.6 Å². The smallest absolute Gasteiger partial charge is 0.220 e. The van der Waals surface area contributed by atoms with Crippen LogP contribution in [0.4, 0.5) is 5.82 Å². The first-order valence-corrected chi connectivity index (χ1v) is 6.97. The van der Waals surface area contributed by atoms with Gasteiger partial charge in [-0.25, -0.2) is 9.97 Å². The van der Waals surface area contributed by atoms with Crippen LogP contribution in [0.15, 0.2) is 10.7 Å². The first kappa shape index (κ1) is 13.3. The third kappa shape index (κ3) is 4.60. The molecule has 2 rings (SSSR count). The number of hydrogen-bond donors (Lipinski definition) is 2. The third-order valence-electron chi connectivity index (χ3n) is 2.64. The molecular weight excluding hydrogens is 296 g/mol. The van der Waals surface area contributed by atoms with Crippen LogP contribution in [0.25, 0.3) is 0 Å². The minimum Gasteiger partial charge on any atom is -0.370 e. The Morgan fingerprint density at radius 2 is 2.28 bits per heavy atom. The van der Waals surface area contributed by atoms with Gasteiger partial charge in [0.05, 0.1) is 0 Å². The Morgan fingerprint density at radius 3 is 2.94 bits per heavy atom. The second-order valence-electron chi connectivity index (χ2n) is 4.50. The summed E-state index contributed by atoms with van der Waals surface area (Å²) in [5.41, 5.74) is 0. The van der Waals surface area contributed by atoms with Crippen molar-refractivity contribution in [2.24, 2.45) is 0 Å². The third-order valence-corrected chi connectivity index (χ3v) is 3.04. The number of aromatic nitrogens is 2. The number of hydrogen-bond acceptors (Lipinski definition) is 4.